The van der Waals surface area contributed by atoms with E-state index in [4.69, 9.17) is 0 Å². The Labute approximate surface area is 162 Å². The van der Waals surface area contributed by atoms with Crippen molar-refractivity contribution >= 4 is 38.6 Å². The number of carbonyl (C=O) groups is 1. The third kappa shape index (κ3) is 4.55. The smallest absolute Gasteiger partial charge is 0.271 e. The van der Waals surface area contributed by atoms with Crippen LogP contribution in [-0.4, -0.2) is 24.1 Å². The van der Waals surface area contributed by atoms with Gasteiger partial charge in [0.1, 0.15) is 4.21 Å². The van der Waals surface area contributed by atoms with Crippen LogP contribution in [0, 0.1) is 0 Å². The van der Waals surface area contributed by atoms with E-state index in [2.05, 4.69) is 22.1 Å². The number of hydrogen-bond acceptors (Lipinski definition) is 5. The molecule has 0 spiro atoms. The number of amides is 1. The Bertz CT molecular complexity index is 1040. The van der Waals surface area contributed by atoms with Crippen LogP contribution in [0.4, 0.5) is 11.4 Å². The predicted molar refractivity (Wildman–Crippen MR) is 107 cm³/mol. The van der Waals surface area contributed by atoms with Gasteiger partial charge in [0.15, 0.2) is 0 Å². The van der Waals surface area contributed by atoms with Gasteiger partial charge in [-0.25, -0.2) is 8.42 Å². The summed E-state index contributed by atoms with van der Waals surface area (Å²) in [5.41, 5.74) is 2.75. The molecule has 0 radical (unpaired) electrons. The summed E-state index contributed by atoms with van der Waals surface area (Å²) in [6.45, 7) is 4.26. The second-order valence-electron chi connectivity index (χ2n) is 5.96. The molecule has 27 heavy (non-hydrogen) atoms. The van der Waals surface area contributed by atoms with Gasteiger partial charge in [0.25, 0.3) is 10.0 Å². The number of aryl methyl sites for hydroxylation is 1. The number of rotatable bonds is 7. The molecule has 0 aliphatic carbocycles. The van der Waals surface area contributed by atoms with Crippen LogP contribution < -0.4 is 10.0 Å². The highest BCUT2D eigenvalue weighted by Crippen LogP contribution is 2.30. The van der Waals surface area contributed by atoms with Gasteiger partial charge < -0.3 is 5.32 Å². The highest BCUT2D eigenvalue weighted by atomic mass is 32.2. The molecule has 0 bridgehead atoms. The molecule has 1 amide bonds. The Balaban J connectivity index is 1.78. The van der Waals surface area contributed by atoms with E-state index < -0.39 is 10.0 Å². The average Bonchev–Trinajstić information content (AvgIpc) is 3.25. The molecule has 0 fully saturated rings. The monoisotopic (exact) mass is 404 g/mol. The minimum atomic E-state index is -3.69. The number of aromatic nitrogens is 2. The number of hydrogen-bond donors (Lipinski definition) is 2. The van der Waals surface area contributed by atoms with Crippen molar-refractivity contribution in [1.29, 1.82) is 0 Å². The molecule has 142 valence electrons. The van der Waals surface area contributed by atoms with Crippen molar-refractivity contribution < 1.29 is 13.2 Å². The molecule has 0 aliphatic rings. The minimum Gasteiger partial charge on any atom is -0.326 e. The summed E-state index contributed by atoms with van der Waals surface area (Å²) in [7, 11) is -3.69. The van der Waals surface area contributed by atoms with Crippen LogP contribution in [-0.2, 0) is 21.4 Å². The summed E-state index contributed by atoms with van der Waals surface area (Å²) in [4.78, 5) is 11.0. The van der Waals surface area contributed by atoms with Crippen molar-refractivity contribution in [2.24, 2.45) is 0 Å². The first-order valence-electron chi connectivity index (χ1n) is 8.40. The third-order valence-corrected chi connectivity index (χ3v) is 6.57. The summed E-state index contributed by atoms with van der Waals surface area (Å²) in [5, 5.41) is 8.73. The molecule has 7 nitrogen and oxygen atoms in total. The predicted octanol–water partition coefficient (Wildman–Crippen LogP) is 3.78. The zero-order valence-corrected chi connectivity index (χ0v) is 16.6. The van der Waals surface area contributed by atoms with Gasteiger partial charge >= 0.3 is 0 Å². The van der Waals surface area contributed by atoms with Crippen LogP contribution in [0.2, 0.25) is 0 Å². The molecule has 2 heterocycles. The van der Waals surface area contributed by atoms with Crippen LogP contribution in [0.5, 0.6) is 0 Å². The van der Waals surface area contributed by atoms with Gasteiger partial charge in [0.05, 0.1) is 5.69 Å². The van der Waals surface area contributed by atoms with Crippen LogP contribution >= 0.6 is 11.3 Å². The van der Waals surface area contributed by atoms with Crippen molar-refractivity contribution in [2.75, 3.05) is 10.0 Å². The molecule has 3 aromatic rings. The molecule has 1 aromatic carbocycles. The number of thiophene rings is 1. The molecule has 2 N–H and O–H groups in total. The average molecular weight is 405 g/mol. The molecule has 2 aromatic heterocycles. The third-order valence-electron chi connectivity index (χ3n) is 3.75. The lowest BCUT2D eigenvalue weighted by Gasteiger charge is -2.08. The topological polar surface area (TPSA) is 93.1 Å². The second-order valence-corrected chi connectivity index (χ2v) is 8.78. The highest BCUT2D eigenvalue weighted by Gasteiger charge is 2.18. The van der Waals surface area contributed by atoms with Crippen molar-refractivity contribution in [3.05, 3.63) is 48.0 Å². The zero-order valence-electron chi connectivity index (χ0n) is 15.0. The van der Waals surface area contributed by atoms with E-state index in [0.29, 0.717) is 11.4 Å². The number of nitrogens with one attached hydrogen (secondary N) is 2. The quantitative estimate of drug-likeness (QED) is 0.627. The molecule has 0 saturated heterocycles. The lowest BCUT2D eigenvalue weighted by molar-refractivity contribution is -0.114. The van der Waals surface area contributed by atoms with E-state index >= 15 is 0 Å². The molecular weight excluding hydrogens is 384 g/mol. The highest BCUT2D eigenvalue weighted by molar-refractivity contribution is 7.94. The molecule has 3 rings (SSSR count). The largest absolute Gasteiger partial charge is 0.326 e. The maximum Gasteiger partial charge on any atom is 0.271 e. The van der Waals surface area contributed by atoms with E-state index in [0.717, 1.165) is 35.6 Å². The normalized spacial score (nSPS) is 11.3. The van der Waals surface area contributed by atoms with Crippen molar-refractivity contribution in [1.82, 2.24) is 9.78 Å². The van der Waals surface area contributed by atoms with Gasteiger partial charge in [0.2, 0.25) is 5.91 Å². The first kappa shape index (κ1) is 19.1. The van der Waals surface area contributed by atoms with E-state index in [-0.39, 0.29) is 10.1 Å². The van der Waals surface area contributed by atoms with Crippen LogP contribution in [0.3, 0.4) is 0 Å². The SMILES string of the molecule is CCCn1nccc1-c1csc(S(=O)(=O)Nc2ccc(NC(C)=O)cc2)c1. The minimum absolute atomic E-state index is 0.184. The molecule has 0 aliphatic heterocycles. The van der Waals surface area contributed by atoms with Crippen molar-refractivity contribution in [2.45, 2.75) is 31.0 Å². The first-order chi connectivity index (χ1) is 12.9. The lowest BCUT2D eigenvalue weighted by atomic mass is 10.2. The maximum absolute atomic E-state index is 12.7. The number of anilines is 2. The van der Waals surface area contributed by atoms with E-state index in [1.54, 1.807) is 36.5 Å². The summed E-state index contributed by atoms with van der Waals surface area (Å²) in [5.74, 6) is -0.184. The fourth-order valence-corrected chi connectivity index (χ4v) is 4.82. The number of sulfonamides is 1. The van der Waals surface area contributed by atoms with E-state index in [1.807, 2.05) is 16.1 Å². The standard InChI is InChI=1S/C18H20N4O3S2/c1-3-10-22-17(8-9-19-22)14-11-18(26-12-14)27(24,25)21-16-6-4-15(5-7-16)20-13(2)23/h4-9,11-12,21H,3,10H2,1-2H3,(H,20,23). The van der Waals surface area contributed by atoms with Crippen LogP contribution in [0.1, 0.15) is 20.3 Å². The Morgan fingerprint density at radius 3 is 2.56 bits per heavy atom. The summed E-state index contributed by atoms with van der Waals surface area (Å²) >= 11 is 1.16. The first-order valence-corrected chi connectivity index (χ1v) is 10.8. The summed E-state index contributed by atoms with van der Waals surface area (Å²) < 4.78 is 30.0. The second kappa shape index (κ2) is 7.93. The van der Waals surface area contributed by atoms with Crippen molar-refractivity contribution in [3.8, 4) is 11.3 Å². The van der Waals surface area contributed by atoms with E-state index in [1.165, 1.54) is 6.92 Å². The van der Waals surface area contributed by atoms with Gasteiger partial charge in [0, 0.05) is 42.0 Å². The number of benzene rings is 1. The molecule has 0 atom stereocenters. The Morgan fingerprint density at radius 2 is 1.89 bits per heavy atom. The zero-order chi connectivity index (χ0) is 19.4. The fraction of sp³-hybridized carbons (Fsp3) is 0.222. The molecule has 9 heteroatoms. The van der Waals surface area contributed by atoms with Crippen LogP contribution in [0.15, 0.2) is 52.2 Å². The fourth-order valence-electron chi connectivity index (χ4n) is 2.59. The molecular formula is C18H20N4O3S2. The van der Waals surface area contributed by atoms with Gasteiger partial charge in [-0.3, -0.25) is 14.2 Å². The Kier molecular flexibility index (Phi) is 5.62. The Hall–Kier alpha value is -2.65. The summed E-state index contributed by atoms with van der Waals surface area (Å²) in [6, 6.07) is 10.0. The summed E-state index contributed by atoms with van der Waals surface area (Å²) in [6.07, 6.45) is 2.66. The van der Waals surface area contributed by atoms with Crippen molar-refractivity contribution in [3.63, 3.8) is 0 Å². The lowest BCUT2D eigenvalue weighted by Crippen LogP contribution is -2.11. The molecule has 0 unspecified atom stereocenters. The van der Waals surface area contributed by atoms with Gasteiger partial charge in [-0.15, -0.1) is 11.3 Å². The van der Waals surface area contributed by atoms with Gasteiger partial charge in [-0.2, -0.15) is 5.10 Å². The van der Waals surface area contributed by atoms with E-state index in [9.17, 15) is 13.2 Å². The number of nitrogens with zero attached hydrogens (tertiary/aromatic N) is 2. The van der Waals surface area contributed by atoms with Crippen LogP contribution in [0.25, 0.3) is 11.3 Å². The number of carbonyl (C=O) groups excluding carboxylic acids is 1. The molecule has 0 saturated carbocycles. The maximum atomic E-state index is 12.7. The van der Waals surface area contributed by atoms with Gasteiger partial charge in [-0.1, -0.05) is 6.92 Å². The Morgan fingerprint density at radius 1 is 1.19 bits per heavy atom. The van der Waals surface area contributed by atoms with Gasteiger partial charge in [-0.05, 0) is 42.8 Å².